The van der Waals surface area contributed by atoms with Gasteiger partial charge in [0.2, 0.25) is 0 Å². The highest BCUT2D eigenvalue weighted by Crippen LogP contribution is 2.32. The first-order chi connectivity index (χ1) is 9.94. The van der Waals surface area contributed by atoms with Gasteiger partial charge >= 0.3 is 12.3 Å². The van der Waals surface area contributed by atoms with Crippen LogP contribution in [0.2, 0.25) is 0 Å². The number of halogens is 4. The fourth-order valence-electron chi connectivity index (χ4n) is 1.55. The van der Waals surface area contributed by atoms with Crippen LogP contribution < -0.4 is 5.32 Å². The molecule has 0 aromatic heterocycles. The lowest BCUT2D eigenvalue weighted by atomic mass is 10.1. The molecule has 0 aliphatic rings. The highest BCUT2D eigenvalue weighted by Gasteiger charge is 2.32. The standard InChI is InChI=1S/C14H15BrF3NO3/c1-13(2,3)22-12(21)19-10-6-8(14(16,17)18)4-5-9(10)11(20)7-15/h4-6H,7H2,1-3H3,(H,19,21). The molecule has 1 aromatic carbocycles. The summed E-state index contributed by atoms with van der Waals surface area (Å²) in [5.74, 6) is -0.459. The van der Waals surface area contributed by atoms with Crippen LogP contribution in [0.25, 0.3) is 0 Å². The smallest absolute Gasteiger partial charge is 0.416 e. The van der Waals surface area contributed by atoms with Gasteiger partial charge in [-0.2, -0.15) is 13.2 Å². The van der Waals surface area contributed by atoms with Gasteiger partial charge in [0.25, 0.3) is 0 Å². The van der Waals surface area contributed by atoms with Crippen molar-refractivity contribution in [3.8, 4) is 0 Å². The van der Waals surface area contributed by atoms with E-state index in [1.54, 1.807) is 20.8 Å². The molecule has 0 heterocycles. The third-order valence-electron chi connectivity index (χ3n) is 2.40. The molecular formula is C14H15BrF3NO3. The van der Waals surface area contributed by atoms with Gasteiger partial charge in [0, 0.05) is 5.56 Å². The molecule has 1 amide bonds. The lowest BCUT2D eigenvalue weighted by molar-refractivity contribution is -0.137. The molecule has 0 bridgehead atoms. The average Bonchev–Trinajstić information content (AvgIpc) is 2.34. The van der Waals surface area contributed by atoms with E-state index in [9.17, 15) is 22.8 Å². The monoisotopic (exact) mass is 381 g/mol. The van der Waals surface area contributed by atoms with Crippen molar-refractivity contribution >= 4 is 33.5 Å². The van der Waals surface area contributed by atoms with Crippen LogP contribution in [-0.4, -0.2) is 22.8 Å². The van der Waals surface area contributed by atoms with Gasteiger partial charge < -0.3 is 4.74 Å². The van der Waals surface area contributed by atoms with Gasteiger partial charge in [0.05, 0.1) is 16.6 Å². The molecule has 0 aliphatic carbocycles. The average molecular weight is 382 g/mol. The van der Waals surface area contributed by atoms with E-state index in [1.807, 2.05) is 0 Å². The minimum atomic E-state index is -4.58. The van der Waals surface area contributed by atoms with E-state index in [-0.39, 0.29) is 16.6 Å². The Balaban J connectivity index is 3.17. The molecular weight excluding hydrogens is 367 g/mol. The number of hydrogen-bond acceptors (Lipinski definition) is 3. The molecule has 0 saturated carbocycles. The van der Waals surface area contributed by atoms with Crippen LogP contribution >= 0.6 is 15.9 Å². The van der Waals surface area contributed by atoms with Gasteiger partial charge in [-0.05, 0) is 39.0 Å². The second-order valence-corrected chi connectivity index (χ2v) is 6.00. The first-order valence-electron chi connectivity index (χ1n) is 6.24. The number of rotatable bonds is 3. The van der Waals surface area contributed by atoms with Crippen LogP contribution in [-0.2, 0) is 10.9 Å². The van der Waals surface area contributed by atoms with Gasteiger partial charge in [0.15, 0.2) is 5.78 Å². The summed E-state index contributed by atoms with van der Waals surface area (Å²) < 4.78 is 43.2. The summed E-state index contributed by atoms with van der Waals surface area (Å²) in [6.45, 7) is 4.84. The molecule has 0 atom stereocenters. The second kappa shape index (κ2) is 6.68. The topological polar surface area (TPSA) is 55.4 Å². The van der Waals surface area contributed by atoms with Crippen LogP contribution in [0.3, 0.4) is 0 Å². The Bertz CT molecular complexity index is 580. The Hall–Kier alpha value is -1.57. The van der Waals surface area contributed by atoms with Crippen LogP contribution in [0.15, 0.2) is 18.2 Å². The van der Waals surface area contributed by atoms with Crippen molar-refractivity contribution in [3.63, 3.8) is 0 Å². The molecule has 0 unspecified atom stereocenters. The van der Waals surface area contributed by atoms with Crippen molar-refractivity contribution in [2.75, 3.05) is 10.6 Å². The maximum Gasteiger partial charge on any atom is 0.416 e. The summed E-state index contributed by atoms with van der Waals surface area (Å²) in [6.07, 6.45) is -5.52. The molecule has 1 N–H and O–H groups in total. The minimum Gasteiger partial charge on any atom is -0.444 e. The zero-order valence-electron chi connectivity index (χ0n) is 12.2. The normalized spacial score (nSPS) is 12.0. The summed E-state index contributed by atoms with van der Waals surface area (Å²) in [7, 11) is 0. The SMILES string of the molecule is CC(C)(C)OC(=O)Nc1cc(C(F)(F)F)ccc1C(=O)CBr. The van der Waals surface area contributed by atoms with E-state index >= 15 is 0 Å². The zero-order valence-corrected chi connectivity index (χ0v) is 13.8. The molecule has 0 spiro atoms. The van der Waals surface area contributed by atoms with Gasteiger partial charge in [0.1, 0.15) is 5.60 Å². The first kappa shape index (κ1) is 18.5. The molecule has 8 heteroatoms. The summed E-state index contributed by atoms with van der Waals surface area (Å²) >= 11 is 2.94. The van der Waals surface area contributed by atoms with E-state index < -0.39 is 29.2 Å². The van der Waals surface area contributed by atoms with E-state index in [4.69, 9.17) is 4.74 Å². The van der Waals surface area contributed by atoms with Crippen LogP contribution in [0.1, 0.15) is 36.7 Å². The molecule has 1 rings (SSSR count). The Morgan fingerprint density at radius 3 is 2.27 bits per heavy atom. The number of nitrogens with one attached hydrogen (secondary N) is 1. The number of alkyl halides is 4. The number of hydrogen-bond donors (Lipinski definition) is 1. The van der Waals surface area contributed by atoms with Gasteiger partial charge in [-0.15, -0.1) is 0 Å². The van der Waals surface area contributed by atoms with Crippen molar-refractivity contribution in [3.05, 3.63) is 29.3 Å². The molecule has 0 radical (unpaired) electrons. The number of benzene rings is 1. The number of carbonyl (C=O) groups excluding carboxylic acids is 2. The minimum absolute atomic E-state index is 0.0317. The Morgan fingerprint density at radius 1 is 1.23 bits per heavy atom. The summed E-state index contributed by atoms with van der Waals surface area (Å²) in [5.41, 5.74) is -2.06. The van der Waals surface area contributed by atoms with Crippen LogP contribution in [0.4, 0.5) is 23.7 Å². The van der Waals surface area contributed by atoms with Crippen molar-refractivity contribution in [2.45, 2.75) is 32.5 Å². The van der Waals surface area contributed by atoms with E-state index in [2.05, 4.69) is 21.2 Å². The Labute approximate surface area is 134 Å². The number of carbonyl (C=O) groups is 2. The zero-order chi connectivity index (χ0) is 17.1. The fourth-order valence-corrected chi connectivity index (χ4v) is 1.85. The number of ether oxygens (including phenoxy) is 1. The predicted molar refractivity (Wildman–Crippen MR) is 79.4 cm³/mol. The van der Waals surface area contributed by atoms with E-state index in [1.165, 1.54) is 0 Å². The van der Waals surface area contributed by atoms with Crippen molar-refractivity contribution in [1.29, 1.82) is 0 Å². The number of amides is 1. The lowest BCUT2D eigenvalue weighted by Crippen LogP contribution is -2.28. The maximum atomic E-state index is 12.8. The molecule has 0 aliphatic heterocycles. The van der Waals surface area contributed by atoms with Gasteiger partial charge in [-0.1, -0.05) is 15.9 Å². The van der Waals surface area contributed by atoms with Gasteiger partial charge in [-0.25, -0.2) is 4.79 Å². The highest BCUT2D eigenvalue weighted by molar-refractivity contribution is 9.09. The molecule has 0 saturated heterocycles. The Kier molecular flexibility index (Phi) is 5.61. The molecule has 22 heavy (non-hydrogen) atoms. The van der Waals surface area contributed by atoms with Crippen molar-refractivity contribution in [1.82, 2.24) is 0 Å². The maximum absolute atomic E-state index is 12.8. The predicted octanol–water partition coefficient (Wildman–Crippen LogP) is 4.63. The third-order valence-corrected chi connectivity index (χ3v) is 2.91. The number of anilines is 1. The van der Waals surface area contributed by atoms with Crippen molar-refractivity contribution in [2.24, 2.45) is 0 Å². The van der Waals surface area contributed by atoms with Gasteiger partial charge in [-0.3, -0.25) is 10.1 Å². The largest absolute Gasteiger partial charge is 0.444 e. The molecule has 1 aromatic rings. The molecule has 4 nitrogen and oxygen atoms in total. The summed E-state index contributed by atoms with van der Waals surface area (Å²) in [4.78, 5) is 23.5. The number of Topliss-reactive ketones (excluding diaryl/α,β-unsaturated/α-hetero) is 1. The van der Waals surface area contributed by atoms with Crippen LogP contribution in [0.5, 0.6) is 0 Å². The molecule has 0 fully saturated rings. The quantitative estimate of drug-likeness (QED) is 0.613. The summed E-state index contributed by atoms with van der Waals surface area (Å²) in [6, 6.07) is 2.52. The number of ketones is 1. The lowest BCUT2D eigenvalue weighted by Gasteiger charge is -2.20. The molecule has 122 valence electrons. The Morgan fingerprint density at radius 2 is 1.82 bits per heavy atom. The first-order valence-corrected chi connectivity index (χ1v) is 7.36. The van der Waals surface area contributed by atoms with Crippen molar-refractivity contribution < 1.29 is 27.5 Å². The third kappa shape index (κ3) is 5.32. The second-order valence-electron chi connectivity index (χ2n) is 5.44. The van der Waals surface area contributed by atoms with Crippen LogP contribution in [0, 0.1) is 0 Å². The summed E-state index contributed by atoms with van der Waals surface area (Å²) in [5, 5.41) is 2.11. The highest BCUT2D eigenvalue weighted by atomic mass is 79.9. The van der Waals surface area contributed by atoms with E-state index in [0.29, 0.717) is 6.07 Å². The van der Waals surface area contributed by atoms with E-state index in [0.717, 1.165) is 12.1 Å². The fraction of sp³-hybridized carbons (Fsp3) is 0.429.